The molecule has 140 valence electrons. The van der Waals surface area contributed by atoms with Gasteiger partial charge in [0, 0.05) is 39.6 Å². The second kappa shape index (κ2) is 12.1. The predicted molar refractivity (Wildman–Crippen MR) is 122 cm³/mol. The van der Waals surface area contributed by atoms with Gasteiger partial charge < -0.3 is 9.80 Å². The summed E-state index contributed by atoms with van der Waals surface area (Å²) in [6.07, 6.45) is 0. The van der Waals surface area contributed by atoms with E-state index in [9.17, 15) is 0 Å². The van der Waals surface area contributed by atoms with Gasteiger partial charge in [-0.15, -0.1) is 0 Å². The maximum atomic E-state index is 4.14. The van der Waals surface area contributed by atoms with Crippen LogP contribution in [0.5, 0.6) is 0 Å². The van der Waals surface area contributed by atoms with Crippen LogP contribution in [0.25, 0.3) is 0 Å². The zero-order valence-electron chi connectivity index (χ0n) is 14.6. The molecule has 0 saturated heterocycles. The van der Waals surface area contributed by atoms with Gasteiger partial charge in [-0.25, -0.2) is 50.5 Å². The Balaban J connectivity index is 0.000000443. The van der Waals surface area contributed by atoms with Crippen LogP contribution in [0.15, 0.2) is 48.5 Å². The predicted octanol–water partition coefficient (Wildman–Crippen LogP) is 4.90. The second-order valence-electron chi connectivity index (χ2n) is 5.53. The summed E-state index contributed by atoms with van der Waals surface area (Å²) in [7, 11) is 8.06. The van der Waals surface area contributed by atoms with Gasteiger partial charge in [-0.2, -0.15) is 35.4 Å². The molecule has 0 spiro atoms. The minimum atomic E-state index is 0. The standard InChI is InChI=1S/2C9H12NS2.Ni/c2*1-10(2)8-5-3-7(4-6-8)9(11)12;/h2*3-6,11-12H,1-2H3;/q2*-1;+2. The van der Waals surface area contributed by atoms with E-state index < -0.39 is 0 Å². The SMILES string of the molecule is CN(C)c1ccc([C-](S)S)cc1.CN(C)c1ccc([C-](S)S)cc1.[Ni+2]. The van der Waals surface area contributed by atoms with Crippen molar-refractivity contribution >= 4 is 61.9 Å². The molecular weight excluding hydrogens is 431 g/mol. The molecule has 2 nitrogen and oxygen atoms in total. The van der Waals surface area contributed by atoms with Crippen molar-refractivity contribution in [2.24, 2.45) is 0 Å². The molecule has 0 unspecified atom stereocenters. The molecule has 2 rings (SSSR count). The van der Waals surface area contributed by atoms with Crippen LogP contribution in [0, 0.1) is 9.16 Å². The summed E-state index contributed by atoms with van der Waals surface area (Å²) in [5.74, 6) is 0. The van der Waals surface area contributed by atoms with Gasteiger partial charge in [0.05, 0.1) is 0 Å². The number of hydrogen-bond acceptors (Lipinski definition) is 6. The molecule has 2 aromatic rings. The van der Waals surface area contributed by atoms with Crippen LogP contribution >= 0.6 is 50.5 Å². The normalized spacial score (nSPS) is 9.28. The molecule has 0 radical (unpaired) electrons. The molecule has 0 N–H and O–H groups in total. The first-order chi connectivity index (χ1) is 11.2. The Morgan fingerprint density at radius 1 is 0.560 bits per heavy atom. The van der Waals surface area contributed by atoms with Gasteiger partial charge in [-0.3, -0.25) is 0 Å². The van der Waals surface area contributed by atoms with Gasteiger partial charge in [-0.1, -0.05) is 33.4 Å². The maximum absolute atomic E-state index is 4.14. The number of rotatable bonds is 4. The van der Waals surface area contributed by atoms with Crippen LogP contribution in [-0.2, 0) is 16.5 Å². The van der Waals surface area contributed by atoms with E-state index in [0.29, 0.717) is 0 Å². The number of benzene rings is 2. The molecule has 0 amide bonds. The van der Waals surface area contributed by atoms with Crippen LogP contribution in [0.3, 0.4) is 0 Å². The summed E-state index contributed by atoms with van der Waals surface area (Å²) in [5, 5.41) is 0. The minimum absolute atomic E-state index is 0. The molecule has 7 heteroatoms. The minimum Gasteiger partial charge on any atom is -0.379 e. The van der Waals surface area contributed by atoms with Crippen LogP contribution in [0.2, 0.25) is 0 Å². The Hall–Kier alpha value is -0.326. The molecule has 0 aliphatic carbocycles. The van der Waals surface area contributed by atoms with Crippen molar-refractivity contribution in [1.29, 1.82) is 0 Å². The third-order valence-electron chi connectivity index (χ3n) is 3.28. The van der Waals surface area contributed by atoms with E-state index in [0.717, 1.165) is 20.3 Å². The molecule has 0 aliphatic rings. The van der Waals surface area contributed by atoms with Crippen molar-refractivity contribution in [2.75, 3.05) is 38.0 Å². The van der Waals surface area contributed by atoms with Crippen LogP contribution in [0.4, 0.5) is 11.4 Å². The first kappa shape index (κ1) is 24.7. The van der Waals surface area contributed by atoms with E-state index in [1.54, 1.807) is 0 Å². The topological polar surface area (TPSA) is 6.48 Å². The van der Waals surface area contributed by atoms with Gasteiger partial charge in [0.2, 0.25) is 0 Å². The summed E-state index contributed by atoms with van der Waals surface area (Å²) in [4.78, 5) is 4.11. The monoisotopic (exact) mass is 454 g/mol. The number of nitrogens with zero attached hydrogens (tertiary/aromatic N) is 2. The summed E-state index contributed by atoms with van der Waals surface area (Å²) < 4.78 is 1.50. The van der Waals surface area contributed by atoms with Crippen molar-refractivity contribution in [3.8, 4) is 0 Å². The first-order valence-corrected chi connectivity index (χ1v) is 9.06. The molecule has 0 fully saturated rings. The fraction of sp³-hybridized carbons (Fsp3) is 0.222. The largest absolute Gasteiger partial charge is 2.00 e. The molecule has 0 bridgehead atoms. The Morgan fingerprint density at radius 3 is 0.960 bits per heavy atom. The zero-order chi connectivity index (χ0) is 18.3. The number of hydrogen-bond donors (Lipinski definition) is 4. The second-order valence-corrected chi connectivity index (χ2v) is 8.02. The molecule has 0 saturated carbocycles. The first-order valence-electron chi connectivity index (χ1n) is 7.27. The van der Waals surface area contributed by atoms with E-state index in [1.165, 1.54) is 11.4 Å². The van der Waals surface area contributed by atoms with Crippen LogP contribution in [0.1, 0.15) is 11.1 Å². The van der Waals surface area contributed by atoms with Crippen molar-refractivity contribution in [3.05, 3.63) is 68.8 Å². The van der Waals surface area contributed by atoms with Gasteiger partial charge in [0.25, 0.3) is 0 Å². The number of anilines is 2. The summed E-state index contributed by atoms with van der Waals surface area (Å²) in [6, 6.07) is 16.2. The molecule has 0 aromatic heterocycles. The van der Waals surface area contributed by atoms with Crippen LogP contribution < -0.4 is 9.80 Å². The van der Waals surface area contributed by atoms with E-state index in [-0.39, 0.29) is 16.5 Å². The molecule has 25 heavy (non-hydrogen) atoms. The Morgan fingerprint density at radius 2 is 0.800 bits per heavy atom. The van der Waals surface area contributed by atoms with Gasteiger partial charge >= 0.3 is 16.5 Å². The van der Waals surface area contributed by atoms with E-state index in [4.69, 9.17) is 0 Å². The fourth-order valence-electron chi connectivity index (χ4n) is 1.82. The zero-order valence-corrected chi connectivity index (χ0v) is 19.2. The van der Waals surface area contributed by atoms with E-state index in [2.05, 4.69) is 60.3 Å². The van der Waals surface area contributed by atoms with Crippen molar-refractivity contribution in [2.45, 2.75) is 0 Å². The van der Waals surface area contributed by atoms with Crippen LogP contribution in [-0.4, -0.2) is 28.2 Å². The smallest absolute Gasteiger partial charge is 0.379 e. The van der Waals surface area contributed by atoms with Gasteiger partial charge in [0.15, 0.2) is 0 Å². The molecule has 0 aliphatic heterocycles. The van der Waals surface area contributed by atoms with Gasteiger partial charge in [-0.05, 0) is 0 Å². The van der Waals surface area contributed by atoms with Crippen molar-refractivity contribution < 1.29 is 16.5 Å². The maximum Gasteiger partial charge on any atom is 2.00 e. The molecular formula is C18H24N2NiS4. The Kier molecular flexibility index (Phi) is 12.0. The summed E-state index contributed by atoms with van der Waals surface area (Å²) in [6.45, 7) is 0. The third-order valence-corrected chi connectivity index (χ3v) is 4.32. The average Bonchev–Trinajstić information content (AvgIpc) is 2.55. The summed E-state index contributed by atoms with van der Waals surface area (Å²) >= 11 is 16.6. The van der Waals surface area contributed by atoms with Gasteiger partial charge in [0.1, 0.15) is 0 Å². The fourth-order valence-corrected chi connectivity index (χ4v) is 2.41. The van der Waals surface area contributed by atoms with Crippen molar-refractivity contribution in [1.82, 2.24) is 0 Å². The number of thiol groups is 4. The molecule has 2 aromatic carbocycles. The third kappa shape index (κ3) is 8.74. The quantitative estimate of drug-likeness (QED) is 0.296. The van der Waals surface area contributed by atoms with E-state index >= 15 is 0 Å². The summed E-state index contributed by atoms with van der Waals surface area (Å²) in [5.41, 5.74) is 4.46. The Bertz CT molecular complexity index is 490. The van der Waals surface area contributed by atoms with E-state index in [1.807, 2.05) is 76.7 Å². The average molecular weight is 455 g/mol. The molecule has 0 heterocycles. The molecule has 0 atom stereocenters. The Labute approximate surface area is 184 Å². The van der Waals surface area contributed by atoms with Crippen molar-refractivity contribution in [3.63, 3.8) is 0 Å².